The molecular weight excluding hydrogens is 128 g/mol. The molecule has 0 aliphatic heterocycles. The van der Waals surface area contributed by atoms with Crippen LogP contribution in [0.25, 0.3) is 0 Å². The highest BCUT2D eigenvalue weighted by Crippen LogP contribution is 1.94. The maximum absolute atomic E-state index is 7.01. The molecule has 0 atom stereocenters. The third-order valence-electron chi connectivity index (χ3n) is 1.08. The summed E-state index contributed by atoms with van der Waals surface area (Å²) in [6, 6.07) is 9.23. The lowest BCUT2D eigenvalue weighted by Gasteiger charge is -1.93. The van der Waals surface area contributed by atoms with E-state index in [0.717, 1.165) is 5.56 Å². The molecule has 0 aliphatic rings. The summed E-state index contributed by atoms with van der Waals surface area (Å²) in [6.07, 6.45) is 0. The highest BCUT2D eigenvalue weighted by atomic mass is 16.0. The fourth-order valence-electron chi connectivity index (χ4n) is 0.618. The Hall–Kier alpha value is -1.35. The number of hydrogen-bond acceptors (Lipinski definition) is 1. The van der Waals surface area contributed by atoms with Gasteiger partial charge in [0, 0.05) is 5.56 Å². The van der Waals surface area contributed by atoms with Gasteiger partial charge in [0.25, 0.3) is 0 Å². The Morgan fingerprint density at radius 2 is 1.70 bits per heavy atom. The van der Waals surface area contributed by atoms with Crippen LogP contribution in [-0.4, -0.2) is 11.3 Å². The van der Waals surface area contributed by atoms with Crippen LogP contribution in [0.3, 0.4) is 0 Å². The van der Waals surface area contributed by atoms with E-state index in [2.05, 4.69) is 0 Å². The molecule has 0 radical (unpaired) electrons. The molecular formula is C7H10N2O. The smallest absolute Gasteiger partial charge is 0.122 e. The number of benzene rings is 1. The molecule has 0 heterocycles. The molecule has 1 aromatic carbocycles. The largest absolute Gasteiger partial charge is 0.412 e. The third kappa shape index (κ3) is 1.87. The maximum atomic E-state index is 7.01. The van der Waals surface area contributed by atoms with Crippen LogP contribution in [0.4, 0.5) is 0 Å². The van der Waals surface area contributed by atoms with Crippen molar-refractivity contribution in [3.8, 4) is 0 Å². The lowest BCUT2D eigenvalue weighted by molar-refractivity contribution is 0.824. The van der Waals surface area contributed by atoms with Crippen LogP contribution in [-0.2, 0) is 0 Å². The molecule has 1 aromatic rings. The van der Waals surface area contributed by atoms with Gasteiger partial charge in [0.2, 0.25) is 0 Å². The van der Waals surface area contributed by atoms with Crippen LogP contribution in [0.5, 0.6) is 0 Å². The average molecular weight is 138 g/mol. The average Bonchev–Trinajstić information content (AvgIpc) is 1.90. The Kier molecular flexibility index (Phi) is 3.14. The number of rotatable bonds is 1. The lowest BCUT2D eigenvalue weighted by Crippen LogP contribution is -2.10. The number of nitrogens with one attached hydrogen (secondary N) is 1. The van der Waals surface area contributed by atoms with E-state index in [1.54, 1.807) is 0 Å². The Bertz CT molecular complexity index is 208. The summed E-state index contributed by atoms with van der Waals surface area (Å²) in [4.78, 5) is 0. The van der Waals surface area contributed by atoms with E-state index in [1.807, 2.05) is 30.3 Å². The summed E-state index contributed by atoms with van der Waals surface area (Å²) < 4.78 is 0. The summed E-state index contributed by atoms with van der Waals surface area (Å²) in [7, 11) is 0. The van der Waals surface area contributed by atoms with E-state index >= 15 is 0 Å². The van der Waals surface area contributed by atoms with Crippen LogP contribution in [0.15, 0.2) is 30.3 Å². The van der Waals surface area contributed by atoms with Gasteiger partial charge < -0.3 is 11.2 Å². The van der Waals surface area contributed by atoms with Gasteiger partial charge in [-0.2, -0.15) is 0 Å². The van der Waals surface area contributed by atoms with E-state index in [1.165, 1.54) is 0 Å². The fourth-order valence-corrected chi connectivity index (χ4v) is 0.618. The van der Waals surface area contributed by atoms with Crippen molar-refractivity contribution in [1.29, 1.82) is 5.41 Å². The molecule has 0 spiro atoms. The molecule has 54 valence electrons. The minimum Gasteiger partial charge on any atom is -0.412 e. The first-order chi connectivity index (χ1) is 4.30. The highest BCUT2D eigenvalue weighted by molar-refractivity contribution is 5.94. The second-order valence-corrected chi connectivity index (χ2v) is 1.78. The van der Waals surface area contributed by atoms with Gasteiger partial charge in [-0.15, -0.1) is 0 Å². The molecule has 0 fully saturated rings. The molecule has 0 aromatic heterocycles. The second kappa shape index (κ2) is 3.63. The molecule has 0 bridgehead atoms. The second-order valence-electron chi connectivity index (χ2n) is 1.78. The maximum Gasteiger partial charge on any atom is 0.122 e. The van der Waals surface area contributed by atoms with Gasteiger partial charge in [-0.25, -0.2) is 0 Å². The Morgan fingerprint density at radius 3 is 2.00 bits per heavy atom. The molecule has 0 saturated carbocycles. The quantitative estimate of drug-likeness (QED) is 0.420. The van der Waals surface area contributed by atoms with Gasteiger partial charge in [-0.1, -0.05) is 30.3 Å². The minimum absolute atomic E-state index is 0. The third-order valence-corrected chi connectivity index (χ3v) is 1.08. The zero-order valence-electron chi connectivity index (χ0n) is 5.46. The van der Waals surface area contributed by atoms with E-state index in [4.69, 9.17) is 11.1 Å². The Morgan fingerprint density at radius 1 is 1.20 bits per heavy atom. The summed E-state index contributed by atoms with van der Waals surface area (Å²) in [5.74, 6) is 0.121. The van der Waals surface area contributed by atoms with Gasteiger partial charge in [0.1, 0.15) is 5.84 Å². The standard InChI is InChI=1S/C7H8N2.H2O/c8-7(9)6-4-2-1-3-5-6;/h1-5H,(H3,8,9);1H2. The first-order valence-corrected chi connectivity index (χ1v) is 2.70. The first kappa shape index (κ1) is 8.65. The van der Waals surface area contributed by atoms with Crippen LogP contribution < -0.4 is 5.73 Å². The topological polar surface area (TPSA) is 81.4 Å². The summed E-state index contributed by atoms with van der Waals surface area (Å²) in [6.45, 7) is 0. The zero-order chi connectivity index (χ0) is 6.69. The monoisotopic (exact) mass is 138 g/mol. The Balaban J connectivity index is 0.000000810. The van der Waals surface area contributed by atoms with E-state index in [9.17, 15) is 0 Å². The molecule has 3 nitrogen and oxygen atoms in total. The van der Waals surface area contributed by atoms with E-state index in [0.29, 0.717) is 0 Å². The minimum atomic E-state index is 0. The fraction of sp³-hybridized carbons (Fsp3) is 0. The Labute approximate surface area is 59.3 Å². The summed E-state index contributed by atoms with van der Waals surface area (Å²) >= 11 is 0. The highest BCUT2D eigenvalue weighted by Gasteiger charge is 1.89. The van der Waals surface area contributed by atoms with E-state index in [-0.39, 0.29) is 11.3 Å². The normalized spacial score (nSPS) is 8.00. The van der Waals surface area contributed by atoms with Crippen LogP contribution in [0.2, 0.25) is 0 Å². The lowest BCUT2D eigenvalue weighted by atomic mass is 10.2. The molecule has 0 aliphatic carbocycles. The van der Waals surface area contributed by atoms with Crippen molar-refractivity contribution >= 4 is 5.84 Å². The molecule has 1 rings (SSSR count). The van der Waals surface area contributed by atoms with Crippen molar-refractivity contribution in [3.63, 3.8) is 0 Å². The van der Waals surface area contributed by atoms with Gasteiger partial charge in [0.15, 0.2) is 0 Å². The number of amidine groups is 1. The van der Waals surface area contributed by atoms with Gasteiger partial charge >= 0.3 is 0 Å². The van der Waals surface area contributed by atoms with Crippen molar-refractivity contribution in [2.24, 2.45) is 5.73 Å². The van der Waals surface area contributed by atoms with Gasteiger partial charge in [-0.3, -0.25) is 5.41 Å². The van der Waals surface area contributed by atoms with Gasteiger partial charge in [-0.05, 0) is 0 Å². The zero-order valence-corrected chi connectivity index (χ0v) is 5.46. The predicted octanol–water partition coefficient (Wildman–Crippen LogP) is 0.146. The molecule has 0 unspecified atom stereocenters. The number of nitrogens with two attached hydrogens (primary N) is 1. The summed E-state index contributed by atoms with van der Waals surface area (Å²) in [5, 5.41) is 7.01. The van der Waals surface area contributed by atoms with Crippen molar-refractivity contribution in [2.45, 2.75) is 0 Å². The number of hydrogen-bond donors (Lipinski definition) is 2. The van der Waals surface area contributed by atoms with Crippen LogP contribution >= 0.6 is 0 Å². The van der Waals surface area contributed by atoms with Crippen molar-refractivity contribution in [3.05, 3.63) is 35.9 Å². The van der Waals surface area contributed by atoms with E-state index < -0.39 is 0 Å². The van der Waals surface area contributed by atoms with Crippen LogP contribution in [0.1, 0.15) is 5.56 Å². The molecule has 5 N–H and O–H groups in total. The van der Waals surface area contributed by atoms with Crippen molar-refractivity contribution < 1.29 is 5.48 Å². The van der Waals surface area contributed by atoms with Crippen LogP contribution in [0, 0.1) is 5.41 Å². The molecule has 3 heteroatoms. The summed E-state index contributed by atoms with van der Waals surface area (Å²) in [5.41, 5.74) is 5.97. The molecule has 0 saturated heterocycles. The SMILES string of the molecule is N=C(N)c1ccccc1.O. The molecule has 10 heavy (non-hydrogen) atoms. The molecule has 0 amide bonds. The van der Waals surface area contributed by atoms with Gasteiger partial charge in [0.05, 0.1) is 0 Å². The number of nitrogen functional groups attached to an aromatic ring is 1. The first-order valence-electron chi connectivity index (χ1n) is 2.70. The van der Waals surface area contributed by atoms with Crippen molar-refractivity contribution in [1.82, 2.24) is 0 Å². The van der Waals surface area contributed by atoms with Crippen molar-refractivity contribution in [2.75, 3.05) is 0 Å². The predicted molar refractivity (Wildman–Crippen MR) is 41.1 cm³/mol.